The number of H-pyrrole nitrogens is 1. The number of carbonyl (C=O) groups is 2. The first-order valence-corrected chi connectivity index (χ1v) is 4.56. The number of hydrogen-bond donors (Lipinski definition) is 2. The summed E-state index contributed by atoms with van der Waals surface area (Å²) in [5, 5.41) is 14.8. The minimum absolute atomic E-state index is 0.154. The minimum atomic E-state index is -0.858. The van der Waals surface area contributed by atoms with Gasteiger partial charge in [-0.2, -0.15) is 5.10 Å². The molecule has 1 saturated heterocycles. The number of nitrogens with zero attached hydrogens (tertiary/aromatic N) is 3. The molecule has 7 nitrogen and oxygen atoms in total. The highest BCUT2D eigenvalue weighted by Gasteiger charge is 2.32. The molecule has 1 aromatic rings. The molecule has 1 amide bonds. The number of carboxylic acids is 1. The van der Waals surface area contributed by atoms with Crippen molar-refractivity contribution in [3.63, 3.8) is 0 Å². The number of nitrogens with one attached hydrogen (secondary N) is 1. The first kappa shape index (κ1) is 9.63. The van der Waals surface area contributed by atoms with Crippen molar-refractivity contribution in [1.29, 1.82) is 0 Å². The van der Waals surface area contributed by atoms with Gasteiger partial charge in [0.15, 0.2) is 0 Å². The highest BCUT2D eigenvalue weighted by atomic mass is 16.4. The van der Waals surface area contributed by atoms with Crippen molar-refractivity contribution < 1.29 is 14.7 Å². The lowest BCUT2D eigenvalue weighted by Gasteiger charge is -2.13. The van der Waals surface area contributed by atoms with Crippen molar-refractivity contribution >= 4 is 11.9 Å². The van der Waals surface area contributed by atoms with Crippen LogP contribution in [0.3, 0.4) is 0 Å². The van der Waals surface area contributed by atoms with Crippen LogP contribution in [0.25, 0.3) is 0 Å². The van der Waals surface area contributed by atoms with Gasteiger partial charge >= 0.3 is 5.97 Å². The standard InChI is InChI=1S/C8H10N4O3/c13-7(6-9-4-10-11-6)12-2-1-5(3-12)8(14)15/h4-5H,1-3H2,(H,14,15)(H,9,10,11). The van der Waals surface area contributed by atoms with Gasteiger partial charge in [0.2, 0.25) is 5.82 Å². The van der Waals surface area contributed by atoms with Crippen molar-refractivity contribution in [1.82, 2.24) is 20.1 Å². The summed E-state index contributed by atoms with van der Waals surface area (Å²) >= 11 is 0. The highest BCUT2D eigenvalue weighted by Crippen LogP contribution is 2.17. The Kier molecular flexibility index (Phi) is 2.36. The fourth-order valence-corrected chi connectivity index (χ4v) is 1.60. The van der Waals surface area contributed by atoms with E-state index in [-0.39, 0.29) is 18.3 Å². The molecule has 1 unspecified atom stereocenters. The normalized spacial score (nSPS) is 20.5. The predicted molar refractivity (Wildman–Crippen MR) is 48.0 cm³/mol. The van der Waals surface area contributed by atoms with E-state index in [2.05, 4.69) is 15.2 Å². The van der Waals surface area contributed by atoms with Crippen LogP contribution in [-0.2, 0) is 4.79 Å². The Morgan fingerprint density at radius 1 is 1.60 bits per heavy atom. The number of amides is 1. The molecular weight excluding hydrogens is 200 g/mol. The van der Waals surface area contributed by atoms with Crippen molar-refractivity contribution in [2.75, 3.05) is 13.1 Å². The number of aromatic amines is 1. The molecule has 80 valence electrons. The molecule has 0 spiro atoms. The van der Waals surface area contributed by atoms with E-state index < -0.39 is 11.9 Å². The Morgan fingerprint density at radius 2 is 2.40 bits per heavy atom. The fraction of sp³-hybridized carbons (Fsp3) is 0.500. The van der Waals surface area contributed by atoms with Gasteiger partial charge in [-0.15, -0.1) is 0 Å². The summed E-state index contributed by atoms with van der Waals surface area (Å²) in [5.41, 5.74) is 0. The number of carboxylic acid groups (broad SMARTS) is 1. The van der Waals surface area contributed by atoms with E-state index >= 15 is 0 Å². The Balaban J connectivity index is 2.02. The summed E-state index contributed by atoms with van der Waals surface area (Å²) in [6.07, 6.45) is 1.74. The van der Waals surface area contributed by atoms with Gasteiger partial charge in [-0.05, 0) is 6.42 Å². The van der Waals surface area contributed by atoms with Gasteiger partial charge in [0.1, 0.15) is 6.33 Å². The maximum Gasteiger partial charge on any atom is 0.308 e. The van der Waals surface area contributed by atoms with Gasteiger partial charge in [-0.1, -0.05) is 0 Å². The number of rotatable bonds is 2. The predicted octanol–water partition coefficient (Wildman–Crippen LogP) is -0.649. The molecule has 1 aromatic heterocycles. The lowest BCUT2D eigenvalue weighted by molar-refractivity contribution is -0.141. The smallest absolute Gasteiger partial charge is 0.308 e. The third kappa shape index (κ3) is 1.80. The minimum Gasteiger partial charge on any atom is -0.481 e. The van der Waals surface area contributed by atoms with Crippen molar-refractivity contribution in [3.8, 4) is 0 Å². The van der Waals surface area contributed by atoms with Crippen molar-refractivity contribution in [2.45, 2.75) is 6.42 Å². The summed E-state index contributed by atoms with van der Waals surface area (Å²) in [5.74, 6) is -1.46. The van der Waals surface area contributed by atoms with E-state index in [1.807, 2.05) is 0 Å². The molecule has 2 N–H and O–H groups in total. The molecule has 0 bridgehead atoms. The summed E-state index contributed by atoms with van der Waals surface area (Å²) in [6, 6.07) is 0. The van der Waals surface area contributed by atoms with E-state index in [1.54, 1.807) is 0 Å². The zero-order valence-corrected chi connectivity index (χ0v) is 7.88. The molecule has 0 radical (unpaired) electrons. The third-order valence-corrected chi connectivity index (χ3v) is 2.44. The molecule has 0 saturated carbocycles. The molecule has 1 aliphatic heterocycles. The second kappa shape index (κ2) is 3.68. The molecule has 2 rings (SSSR count). The van der Waals surface area contributed by atoms with Gasteiger partial charge in [-0.3, -0.25) is 14.7 Å². The zero-order chi connectivity index (χ0) is 10.8. The van der Waals surface area contributed by atoms with E-state index in [4.69, 9.17) is 5.11 Å². The molecular formula is C8H10N4O3. The van der Waals surface area contributed by atoms with Gasteiger partial charge in [0, 0.05) is 13.1 Å². The van der Waals surface area contributed by atoms with Crippen LogP contribution in [0.1, 0.15) is 17.0 Å². The van der Waals surface area contributed by atoms with Gasteiger partial charge in [0.05, 0.1) is 5.92 Å². The average molecular weight is 210 g/mol. The molecule has 1 fully saturated rings. The Bertz CT molecular complexity index is 375. The monoisotopic (exact) mass is 210 g/mol. The van der Waals surface area contributed by atoms with E-state index in [0.717, 1.165) is 0 Å². The number of carbonyl (C=O) groups excluding carboxylic acids is 1. The lowest BCUT2D eigenvalue weighted by atomic mass is 10.1. The van der Waals surface area contributed by atoms with Crippen molar-refractivity contribution in [2.24, 2.45) is 5.92 Å². The third-order valence-electron chi connectivity index (χ3n) is 2.44. The Hall–Kier alpha value is -1.92. The Morgan fingerprint density at radius 3 is 2.93 bits per heavy atom. The quantitative estimate of drug-likeness (QED) is 0.675. The summed E-state index contributed by atoms with van der Waals surface area (Å²) in [6.45, 7) is 0.700. The highest BCUT2D eigenvalue weighted by molar-refractivity contribution is 5.91. The summed E-state index contributed by atoms with van der Waals surface area (Å²) in [7, 11) is 0. The fourth-order valence-electron chi connectivity index (χ4n) is 1.60. The number of aromatic nitrogens is 3. The van der Waals surface area contributed by atoms with Crippen LogP contribution in [0, 0.1) is 5.92 Å². The maximum absolute atomic E-state index is 11.7. The summed E-state index contributed by atoms with van der Waals surface area (Å²) in [4.78, 5) is 27.6. The first-order valence-electron chi connectivity index (χ1n) is 4.56. The van der Waals surface area contributed by atoms with Crippen LogP contribution < -0.4 is 0 Å². The maximum atomic E-state index is 11.7. The van der Waals surface area contributed by atoms with Crippen LogP contribution in [0.15, 0.2) is 6.33 Å². The topological polar surface area (TPSA) is 99.2 Å². The largest absolute Gasteiger partial charge is 0.481 e. The van der Waals surface area contributed by atoms with Crippen LogP contribution in [0.4, 0.5) is 0 Å². The Labute approximate surface area is 85.1 Å². The van der Waals surface area contributed by atoms with Crippen LogP contribution in [0.2, 0.25) is 0 Å². The molecule has 0 aliphatic carbocycles. The van der Waals surface area contributed by atoms with Gasteiger partial charge < -0.3 is 10.0 Å². The van der Waals surface area contributed by atoms with Gasteiger partial charge in [-0.25, -0.2) is 4.98 Å². The molecule has 0 aromatic carbocycles. The lowest BCUT2D eigenvalue weighted by Crippen LogP contribution is -2.30. The molecule has 1 aliphatic rings. The molecule has 7 heteroatoms. The van der Waals surface area contributed by atoms with Crippen molar-refractivity contribution in [3.05, 3.63) is 12.2 Å². The van der Waals surface area contributed by atoms with Crippen LogP contribution >= 0.6 is 0 Å². The second-order valence-electron chi connectivity index (χ2n) is 3.41. The molecule has 15 heavy (non-hydrogen) atoms. The summed E-state index contributed by atoms with van der Waals surface area (Å²) < 4.78 is 0. The zero-order valence-electron chi connectivity index (χ0n) is 7.88. The van der Waals surface area contributed by atoms with Gasteiger partial charge in [0.25, 0.3) is 5.91 Å². The number of likely N-dealkylation sites (tertiary alicyclic amines) is 1. The molecule has 1 atom stereocenters. The number of aliphatic carboxylic acids is 1. The van der Waals surface area contributed by atoms with Crippen LogP contribution in [-0.4, -0.2) is 50.2 Å². The van der Waals surface area contributed by atoms with E-state index in [9.17, 15) is 9.59 Å². The number of hydrogen-bond acceptors (Lipinski definition) is 4. The second-order valence-corrected chi connectivity index (χ2v) is 3.41. The van der Waals surface area contributed by atoms with E-state index in [0.29, 0.717) is 13.0 Å². The average Bonchev–Trinajstić information content (AvgIpc) is 2.88. The van der Waals surface area contributed by atoms with Crippen LogP contribution in [0.5, 0.6) is 0 Å². The van der Waals surface area contributed by atoms with E-state index in [1.165, 1.54) is 11.2 Å². The first-order chi connectivity index (χ1) is 7.18. The molecule has 2 heterocycles. The SMILES string of the molecule is O=C(O)C1CCN(C(=O)c2ncn[nH]2)C1.